The summed E-state index contributed by atoms with van der Waals surface area (Å²) < 4.78 is 5.62. The fourth-order valence-electron chi connectivity index (χ4n) is 3.65. The summed E-state index contributed by atoms with van der Waals surface area (Å²) in [4.78, 5) is 11.1. The molecule has 0 aliphatic carbocycles. The zero-order valence-electron chi connectivity index (χ0n) is 17.6. The van der Waals surface area contributed by atoms with E-state index in [0.29, 0.717) is 6.04 Å². The maximum absolute atomic E-state index is 5.62. The number of furan rings is 1. The molecule has 0 radical (unpaired) electrons. The Balaban J connectivity index is 0.00000300. The van der Waals surface area contributed by atoms with E-state index in [2.05, 4.69) is 59.0 Å². The molecule has 0 spiro atoms. The van der Waals surface area contributed by atoms with Crippen LogP contribution in [0.25, 0.3) is 0 Å². The van der Waals surface area contributed by atoms with Crippen molar-refractivity contribution in [1.29, 1.82) is 0 Å². The Hall–Kier alpha value is -1.10. The average Bonchev–Trinajstić information content (AvgIpc) is 3.45. The standard InChI is InChI=1S/C21H33N5OS.HI/c1-4-22-21(23-15-17(25(2)3)19-9-7-13-27-19)24-16-18(20-10-8-14-28-20)26-11-5-6-12-26;/h7-10,13-14,17-18H,4-6,11-12,15-16H2,1-3H3,(H2,22,23,24);1H. The van der Waals surface area contributed by atoms with E-state index in [9.17, 15) is 0 Å². The van der Waals surface area contributed by atoms with E-state index in [1.54, 1.807) is 6.26 Å². The van der Waals surface area contributed by atoms with Gasteiger partial charge in [-0.05, 0) is 70.5 Å². The minimum atomic E-state index is 0. The molecular formula is C21H34IN5OS. The normalized spacial score (nSPS) is 17.2. The van der Waals surface area contributed by atoms with Gasteiger partial charge in [-0.3, -0.25) is 14.8 Å². The molecule has 29 heavy (non-hydrogen) atoms. The molecule has 2 unspecified atom stereocenters. The molecule has 0 saturated carbocycles. The van der Waals surface area contributed by atoms with Crippen LogP contribution in [0.2, 0.25) is 0 Å². The minimum Gasteiger partial charge on any atom is -0.468 e. The van der Waals surface area contributed by atoms with Gasteiger partial charge in [0.2, 0.25) is 0 Å². The summed E-state index contributed by atoms with van der Waals surface area (Å²) in [7, 11) is 4.14. The van der Waals surface area contributed by atoms with Crippen LogP contribution in [-0.4, -0.2) is 62.6 Å². The van der Waals surface area contributed by atoms with Crippen LogP contribution < -0.4 is 10.6 Å². The maximum atomic E-state index is 5.62. The molecule has 2 atom stereocenters. The number of halogens is 1. The third-order valence-electron chi connectivity index (χ3n) is 5.18. The van der Waals surface area contributed by atoms with Gasteiger partial charge < -0.3 is 15.1 Å². The second-order valence-electron chi connectivity index (χ2n) is 7.37. The summed E-state index contributed by atoms with van der Waals surface area (Å²) in [5, 5.41) is 9.06. The van der Waals surface area contributed by atoms with Gasteiger partial charge in [0, 0.05) is 18.0 Å². The third kappa shape index (κ3) is 6.97. The van der Waals surface area contributed by atoms with Crippen LogP contribution in [0.3, 0.4) is 0 Å². The van der Waals surface area contributed by atoms with Crippen LogP contribution in [-0.2, 0) is 0 Å². The lowest BCUT2D eigenvalue weighted by atomic mass is 10.2. The third-order valence-corrected chi connectivity index (χ3v) is 6.15. The molecular weight excluding hydrogens is 497 g/mol. The second-order valence-corrected chi connectivity index (χ2v) is 8.35. The number of guanidine groups is 1. The largest absolute Gasteiger partial charge is 0.468 e. The summed E-state index contributed by atoms with van der Waals surface area (Å²) in [6, 6.07) is 8.87. The molecule has 3 rings (SSSR count). The summed E-state index contributed by atoms with van der Waals surface area (Å²) in [6.45, 7) is 6.78. The van der Waals surface area contributed by atoms with Crippen LogP contribution in [0.5, 0.6) is 0 Å². The van der Waals surface area contributed by atoms with E-state index in [1.165, 1.54) is 30.8 Å². The molecule has 0 bridgehead atoms. The Morgan fingerprint density at radius 3 is 2.62 bits per heavy atom. The lowest BCUT2D eigenvalue weighted by molar-refractivity contribution is 0.253. The highest BCUT2D eigenvalue weighted by Crippen LogP contribution is 2.28. The number of hydrogen-bond donors (Lipinski definition) is 2. The first-order valence-electron chi connectivity index (χ1n) is 10.2. The Labute approximate surface area is 195 Å². The molecule has 1 aliphatic heterocycles. The highest BCUT2D eigenvalue weighted by molar-refractivity contribution is 14.0. The van der Waals surface area contributed by atoms with Crippen molar-refractivity contribution in [3.63, 3.8) is 0 Å². The zero-order chi connectivity index (χ0) is 19.8. The molecule has 1 fully saturated rings. The monoisotopic (exact) mass is 531 g/mol. The van der Waals surface area contributed by atoms with Gasteiger partial charge in [-0.1, -0.05) is 6.07 Å². The number of hydrogen-bond acceptors (Lipinski definition) is 5. The van der Waals surface area contributed by atoms with Gasteiger partial charge in [0.15, 0.2) is 5.96 Å². The second kappa shape index (κ2) is 12.6. The summed E-state index contributed by atoms with van der Waals surface area (Å²) in [6.07, 6.45) is 4.31. The van der Waals surface area contributed by atoms with Crippen molar-refractivity contribution in [2.75, 3.05) is 46.8 Å². The zero-order valence-corrected chi connectivity index (χ0v) is 20.8. The van der Waals surface area contributed by atoms with E-state index >= 15 is 0 Å². The number of likely N-dealkylation sites (tertiary alicyclic amines) is 1. The number of nitrogens with one attached hydrogen (secondary N) is 2. The Kier molecular flexibility index (Phi) is 10.5. The number of likely N-dealkylation sites (N-methyl/N-ethyl adjacent to an activating group) is 1. The van der Waals surface area contributed by atoms with Gasteiger partial charge in [-0.2, -0.15) is 0 Å². The number of aliphatic imine (C=N–C) groups is 1. The van der Waals surface area contributed by atoms with Gasteiger partial charge in [0.05, 0.1) is 24.9 Å². The highest BCUT2D eigenvalue weighted by Gasteiger charge is 2.24. The fourth-order valence-corrected chi connectivity index (χ4v) is 4.50. The van der Waals surface area contributed by atoms with E-state index in [4.69, 9.17) is 9.41 Å². The van der Waals surface area contributed by atoms with Crippen molar-refractivity contribution in [2.45, 2.75) is 31.8 Å². The van der Waals surface area contributed by atoms with E-state index in [-0.39, 0.29) is 30.0 Å². The van der Waals surface area contributed by atoms with Crippen molar-refractivity contribution >= 4 is 41.3 Å². The number of rotatable bonds is 9. The van der Waals surface area contributed by atoms with Crippen LogP contribution >= 0.6 is 35.3 Å². The Morgan fingerprint density at radius 2 is 2.03 bits per heavy atom. The van der Waals surface area contributed by atoms with Gasteiger partial charge in [0.25, 0.3) is 0 Å². The predicted octanol–water partition coefficient (Wildman–Crippen LogP) is 3.95. The number of nitrogens with zero attached hydrogens (tertiary/aromatic N) is 3. The van der Waals surface area contributed by atoms with E-state index < -0.39 is 0 Å². The van der Waals surface area contributed by atoms with Crippen LogP contribution in [0, 0.1) is 0 Å². The van der Waals surface area contributed by atoms with Gasteiger partial charge in [-0.15, -0.1) is 35.3 Å². The number of thiophene rings is 1. The van der Waals surface area contributed by atoms with Crippen molar-refractivity contribution in [1.82, 2.24) is 20.4 Å². The molecule has 6 nitrogen and oxygen atoms in total. The first kappa shape index (κ1) is 24.2. The van der Waals surface area contributed by atoms with Gasteiger partial charge >= 0.3 is 0 Å². The topological polar surface area (TPSA) is 56.0 Å². The van der Waals surface area contributed by atoms with Gasteiger partial charge in [0.1, 0.15) is 5.76 Å². The van der Waals surface area contributed by atoms with E-state index in [1.807, 2.05) is 23.5 Å². The van der Waals surface area contributed by atoms with Crippen LogP contribution in [0.4, 0.5) is 0 Å². The molecule has 0 aromatic carbocycles. The SMILES string of the molecule is CCNC(=NCC(c1cccs1)N1CCCC1)NCC(c1ccco1)N(C)C.I. The molecule has 2 aromatic heterocycles. The van der Waals surface area contributed by atoms with Crippen LogP contribution in [0.1, 0.15) is 42.5 Å². The Bertz CT molecular complexity index is 699. The lowest BCUT2D eigenvalue weighted by Gasteiger charge is -2.26. The van der Waals surface area contributed by atoms with Crippen molar-refractivity contribution in [3.8, 4) is 0 Å². The van der Waals surface area contributed by atoms with Gasteiger partial charge in [-0.25, -0.2) is 0 Å². The molecule has 1 aliphatic rings. The quantitative estimate of drug-likeness (QED) is 0.292. The molecule has 0 amide bonds. The highest BCUT2D eigenvalue weighted by atomic mass is 127. The molecule has 3 heterocycles. The fraction of sp³-hybridized carbons (Fsp3) is 0.571. The average molecular weight is 532 g/mol. The van der Waals surface area contributed by atoms with Crippen molar-refractivity contribution in [3.05, 3.63) is 46.5 Å². The van der Waals surface area contributed by atoms with Crippen LogP contribution in [0.15, 0.2) is 45.3 Å². The lowest BCUT2D eigenvalue weighted by Crippen LogP contribution is -2.42. The molecule has 2 aromatic rings. The summed E-state index contributed by atoms with van der Waals surface area (Å²) in [5.41, 5.74) is 0. The first-order valence-corrected chi connectivity index (χ1v) is 11.1. The molecule has 162 valence electrons. The van der Waals surface area contributed by atoms with E-state index in [0.717, 1.165) is 31.4 Å². The summed E-state index contributed by atoms with van der Waals surface area (Å²) in [5.74, 6) is 1.82. The molecule has 8 heteroatoms. The van der Waals surface area contributed by atoms with Crippen molar-refractivity contribution < 1.29 is 4.42 Å². The smallest absolute Gasteiger partial charge is 0.191 e. The minimum absolute atomic E-state index is 0. The summed E-state index contributed by atoms with van der Waals surface area (Å²) >= 11 is 1.83. The molecule has 2 N–H and O–H groups in total. The molecule has 1 saturated heterocycles. The Morgan fingerprint density at radius 1 is 1.24 bits per heavy atom. The van der Waals surface area contributed by atoms with Crippen molar-refractivity contribution in [2.24, 2.45) is 4.99 Å². The maximum Gasteiger partial charge on any atom is 0.191 e. The first-order chi connectivity index (χ1) is 13.7. The predicted molar refractivity (Wildman–Crippen MR) is 132 cm³/mol.